The first-order valence-corrected chi connectivity index (χ1v) is 18.0. The zero-order valence-corrected chi connectivity index (χ0v) is 31.7. The minimum atomic E-state index is -0.431. The van der Waals surface area contributed by atoms with Gasteiger partial charge in [0.25, 0.3) is 5.91 Å². The first-order chi connectivity index (χ1) is 26.5. The molecule has 3 amide bonds. The van der Waals surface area contributed by atoms with Crippen LogP contribution in [-0.2, 0) is 10.2 Å². The Morgan fingerprint density at radius 3 is 2.42 bits per heavy atom. The first-order valence-electron chi connectivity index (χ1n) is 18.0. The van der Waals surface area contributed by atoms with E-state index < -0.39 is 6.03 Å². The number of amides is 3. The highest BCUT2D eigenvalue weighted by Crippen LogP contribution is 2.39. The second-order valence-corrected chi connectivity index (χ2v) is 13.9. The number of terminal acetylenes is 1. The Kier molecular flexibility index (Phi) is 12.0. The third-order valence-corrected chi connectivity index (χ3v) is 9.09. The smallest absolute Gasteiger partial charge is 0.323 e. The third-order valence-electron chi connectivity index (χ3n) is 9.09. The fraction of sp³-hybridized carbons (Fsp3) is 0.286. The molecule has 1 aliphatic rings. The van der Waals surface area contributed by atoms with Crippen LogP contribution in [0.1, 0.15) is 42.3 Å². The number of benzene rings is 4. The third kappa shape index (κ3) is 9.61. The van der Waals surface area contributed by atoms with Crippen molar-refractivity contribution in [3.63, 3.8) is 0 Å². The maximum Gasteiger partial charge on any atom is 0.323 e. The number of nitrogens with one attached hydrogen (secondary N) is 5. The van der Waals surface area contributed by atoms with Crippen molar-refractivity contribution in [1.29, 1.82) is 0 Å². The Labute approximate surface area is 321 Å². The molecule has 5 aromatic rings. The van der Waals surface area contributed by atoms with Gasteiger partial charge in [0, 0.05) is 73.1 Å². The van der Waals surface area contributed by atoms with Gasteiger partial charge in [-0.25, -0.2) is 9.78 Å². The molecule has 55 heavy (non-hydrogen) atoms. The Morgan fingerprint density at radius 2 is 1.69 bits per heavy atom. The largest absolute Gasteiger partial charge is 0.492 e. The molecule has 0 atom stereocenters. The average Bonchev–Trinajstić information content (AvgIpc) is 3.18. The molecule has 1 aromatic heterocycles. The van der Waals surface area contributed by atoms with Crippen molar-refractivity contribution >= 4 is 51.4 Å². The predicted molar refractivity (Wildman–Crippen MR) is 217 cm³/mol. The average molecular weight is 743 g/mol. The minimum Gasteiger partial charge on any atom is -0.492 e. The molecule has 1 aliphatic heterocycles. The van der Waals surface area contributed by atoms with Gasteiger partial charge in [-0.2, -0.15) is 4.98 Å². The molecular weight excluding hydrogens is 697 g/mol. The van der Waals surface area contributed by atoms with Crippen molar-refractivity contribution in [2.75, 3.05) is 74.8 Å². The maximum absolute atomic E-state index is 13.4. The van der Waals surface area contributed by atoms with Crippen molar-refractivity contribution < 1.29 is 23.8 Å². The number of ether oxygens (including phenoxy) is 3. The zero-order valence-electron chi connectivity index (χ0n) is 31.7. The van der Waals surface area contributed by atoms with Gasteiger partial charge in [-0.05, 0) is 53.4 Å². The summed E-state index contributed by atoms with van der Waals surface area (Å²) in [7, 11) is 3.39. The number of aromatic nitrogens is 2. The second-order valence-electron chi connectivity index (χ2n) is 13.9. The predicted octanol–water partition coefficient (Wildman–Crippen LogP) is 7.20. The SMILES string of the molecule is C#Cc1cc(Nc2nccc(Oc3ccc(NC(=O)Nc4cc(C(C)(C)C)cc(NC)c4OC)c4ccccc34)n2)cc(C(=O)NCCN2CCOCC2)c1. The van der Waals surface area contributed by atoms with E-state index >= 15 is 0 Å². The van der Waals surface area contributed by atoms with Crippen molar-refractivity contribution in [2.24, 2.45) is 0 Å². The summed E-state index contributed by atoms with van der Waals surface area (Å²) in [5.41, 5.74) is 4.27. The van der Waals surface area contributed by atoms with Crippen LogP contribution in [0.2, 0.25) is 0 Å². The lowest BCUT2D eigenvalue weighted by molar-refractivity contribution is 0.0383. The van der Waals surface area contributed by atoms with Gasteiger partial charge >= 0.3 is 6.03 Å². The summed E-state index contributed by atoms with van der Waals surface area (Å²) in [4.78, 5) is 37.6. The van der Waals surface area contributed by atoms with Crippen LogP contribution in [-0.4, -0.2) is 80.4 Å². The van der Waals surface area contributed by atoms with E-state index in [0.29, 0.717) is 59.4 Å². The van der Waals surface area contributed by atoms with E-state index in [-0.39, 0.29) is 23.2 Å². The number of carbonyl (C=O) groups is 2. The molecule has 0 radical (unpaired) electrons. The number of rotatable bonds is 12. The van der Waals surface area contributed by atoms with Crippen molar-refractivity contribution in [1.82, 2.24) is 20.2 Å². The van der Waals surface area contributed by atoms with Gasteiger partial charge in [-0.3, -0.25) is 9.69 Å². The summed E-state index contributed by atoms with van der Waals surface area (Å²) in [5.74, 6) is 3.97. The molecular formula is C42H46N8O5. The van der Waals surface area contributed by atoms with Crippen LogP contribution in [0.3, 0.4) is 0 Å². The minimum absolute atomic E-state index is 0.157. The van der Waals surface area contributed by atoms with Gasteiger partial charge in [-0.1, -0.05) is 51.0 Å². The van der Waals surface area contributed by atoms with Crippen LogP contribution in [0.5, 0.6) is 17.4 Å². The summed E-state index contributed by atoms with van der Waals surface area (Å²) < 4.78 is 17.3. The number of anilines is 5. The van der Waals surface area contributed by atoms with Crippen molar-refractivity contribution in [2.45, 2.75) is 26.2 Å². The van der Waals surface area contributed by atoms with Crippen LogP contribution in [0.25, 0.3) is 10.8 Å². The molecule has 1 fully saturated rings. The molecule has 2 heterocycles. The van der Waals surface area contributed by atoms with Crippen LogP contribution in [0.4, 0.5) is 33.5 Å². The molecule has 0 aliphatic carbocycles. The molecule has 0 unspecified atom stereocenters. The zero-order chi connectivity index (χ0) is 39.0. The number of morpholine rings is 1. The summed E-state index contributed by atoms with van der Waals surface area (Å²) in [5, 5.41) is 16.8. The number of methoxy groups -OCH3 is 1. The number of hydrogen-bond acceptors (Lipinski definition) is 10. The molecule has 0 bridgehead atoms. The lowest BCUT2D eigenvalue weighted by Gasteiger charge is -2.26. The van der Waals surface area contributed by atoms with E-state index in [1.54, 1.807) is 49.7 Å². The number of urea groups is 1. The molecule has 4 aromatic carbocycles. The first kappa shape index (κ1) is 38.4. The van der Waals surface area contributed by atoms with Gasteiger partial charge in [0.1, 0.15) is 5.75 Å². The fourth-order valence-electron chi connectivity index (χ4n) is 6.18. The van der Waals surface area contributed by atoms with E-state index in [4.69, 9.17) is 20.6 Å². The van der Waals surface area contributed by atoms with Gasteiger partial charge < -0.3 is 40.8 Å². The van der Waals surface area contributed by atoms with Crippen LogP contribution < -0.4 is 36.1 Å². The quantitative estimate of drug-likeness (QED) is 0.0831. The molecule has 0 spiro atoms. The highest BCUT2D eigenvalue weighted by atomic mass is 16.5. The molecule has 1 saturated heterocycles. The molecule has 284 valence electrons. The van der Waals surface area contributed by atoms with Crippen LogP contribution in [0.15, 0.2) is 79.0 Å². The maximum atomic E-state index is 13.4. The van der Waals surface area contributed by atoms with E-state index in [1.807, 2.05) is 43.4 Å². The van der Waals surface area contributed by atoms with E-state index in [1.165, 1.54) is 0 Å². The second kappa shape index (κ2) is 17.2. The molecule has 13 nitrogen and oxygen atoms in total. The lowest BCUT2D eigenvalue weighted by Crippen LogP contribution is -2.41. The Balaban J connectivity index is 1.16. The summed E-state index contributed by atoms with van der Waals surface area (Å²) in [6.45, 7) is 10.7. The van der Waals surface area contributed by atoms with E-state index in [0.717, 1.165) is 41.7 Å². The topological polar surface area (TPSA) is 151 Å². The van der Waals surface area contributed by atoms with Gasteiger partial charge in [0.15, 0.2) is 5.75 Å². The Bertz CT molecular complexity index is 2220. The van der Waals surface area contributed by atoms with Crippen LogP contribution >= 0.6 is 0 Å². The number of hydrogen-bond donors (Lipinski definition) is 5. The fourth-order valence-corrected chi connectivity index (χ4v) is 6.18. The standard InChI is InChI=1S/C42H46N8O5/c1-7-27-22-28(39(51)44-16-17-50-18-20-54-21-19-50)24-30(23-27)46-40-45-15-14-37(49-40)55-36-13-12-33(31-10-8-9-11-32(31)36)47-41(52)48-35-26-29(42(2,3)4)25-34(43-5)38(35)53-6/h1,8-15,22-26,43H,16-21H2,2-6H3,(H,44,51)(H,45,46,49)(H2,47,48,52). The van der Waals surface area contributed by atoms with Crippen LogP contribution in [0, 0.1) is 12.3 Å². The van der Waals surface area contributed by atoms with E-state index in [2.05, 4.69) is 68.1 Å². The Morgan fingerprint density at radius 1 is 0.945 bits per heavy atom. The highest BCUT2D eigenvalue weighted by molar-refractivity contribution is 6.08. The number of fused-ring (bicyclic) bond motifs is 1. The monoisotopic (exact) mass is 742 g/mol. The van der Waals surface area contributed by atoms with Gasteiger partial charge in [-0.15, -0.1) is 6.42 Å². The normalized spacial score (nSPS) is 13.0. The highest BCUT2D eigenvalue weighted by Gasteiger charge is 2.21. The lowest BCUT2D eigenvalue weighted by atomic mass is 9.86. The number of nitrogens with zero attached hydrogens (tertiary/aromatic N) is 3. The Hall–Kier alpha value is -6.36. The van der Waals surface area contributed by atoms with Gasteiger partial charge in [0.05, 0.1) is 37.4 Å². The summed E-state index contributed by atoms with van der Waals surface area (Å²) >= 11 is 0. The molecule has 5 N–H and O–H groups in total. The summed E-state index contributed by atoms with van der Waals surface area (Å²) in [6, 6.07) is 21.4. The van der Waals surface area contributed by atoms with Crippen molar-refractivity contribution in [3.8, 4) is 29.7 Å². The molecule has 6 rings (SSSR count). The number of carbonyl (C=O) groups excluding carboxylic acids is 2. The van der Waals surface area contributed by atoms with Crippen molar-refractivity contribution in [3.05, 3.63) is 95.7 Å². The molecule has 0 saturated carbocycles. The van der Waals surface area contributed by atoms with E-state index in [9.17, 15) is 9.59 Å². The summed E-state index contributed by atoms with van der Waals surface area (Å²) in [6.07, 6.45) is 7.30. The molecule has 13 heteroatoms. The van der Waals surface area contributed by atoms with Gasteiger partial charge in [0.2, 0.25) is 11.8 Å².